The van der Waals surface area contributed by atoms with E-state index in [2.05, 4.69) is 77.6 Å². The predicted octanol–water partition coefficient (Wildman–Crippen LogP) is 7.08. The van der Waals surface area contributed by atoms with E-state index in [1.807, 2.05) is 66.7 Å². The van der Waals surface area contributed by atoms with Gasteiger partial charge < -0.3 is 18.9 Å². The molecule has 0 N–H and O–H groups in total. The van der Waals surface area contributed by atoms with Gasteiger partial charge in [0.25, 0.3) is 0 Å². The van der Waals surface area contributed by atoms with Gasteiger partial charge in [0.1, 0.15) is 5.75 Å². The van der Waals surface area contributed by atoms with Gasteiger partial charge in [-0.1, -0.05) is 36.4 Å². The molecule has 37 heavy (non-hydrogen) atoms. The number of ether oxygens (including phenoxy) is 1. The van der Waals surface area contributed by atoms with Crippen molar-refractivity contribution in [2.75, 3.05) is 0 Å². The van der Waals surface area contributed by atoms with E-state index in [1.54, 1.807) is 6.20 Å². The van der Waals surface area contributed by atoms with Crippen molar-refractivity contribution in [1.29, 1.82) is 0 Å². The van der Waals surface area contributed by atoms with Crippen LogP contribution in [0.2, 0.25) is 0 Å². The Labute approximate surface area is 230 Å². The quantitative estimate of drug-likeness (QED) is 0.139. The van der Waals surface area contributed by atoms with Gasteiger partial charge in [-0.3, -0.25) is 0 Å². The first kappa shape index (κ1) is 24.9. The Morgan fingerprint density at radius 2 is 1.68 bits per heavy atom. The van der Waals surface area contributed by atoms with Crippen LogP contribution in [0.5, 0.6) is 11.5 Å². The molecule has 0 saturated heterocycles. The Balaban J connectivity index is 0.000000183. The second-order valence-corrected chi connectivity index (χ2v) is 9.73. The number of para-hydroxylation sites is 1. The fourth-order valence-electron chi connectivity index (χ4n) is 4.45. The zero-order valence-electron chi connectivity index (χ0n) is 20.8. The smallest absolute Gasteiger partial charge is 0.513 e. The Morgan fingerprint density at radius 1 is 0.865 bits per heavy atom. The maximum atomic E-state index is 6.20. The van der Waals surface area contributed by atoms with E-state index in [4.69, 9.17) is 4.74 Å². The molecule has 0 fully saturated rings. The standard InChI is InChI=1S/C21H17N2O.C11H8N.Ir/c1-21(2,3)23-13-22-17-11-14-7-4-5-8-15(14)12-19(17)24-18-10-6-9-16(23)20(18)22;1-2-6-10(7-3-1)11-8-4-5-9-12-11;/h4-10,12H,1-3H3;1-6,8-9H;/q2*-1;+3. The molecule has 3 heterocycles. The number of imidazole rings is 1. The van der Waals surface area contributed by atoms with Crippen LogP contribution in [0, 0.1) is 18.5 Å². The summed E-state index contributed by atoms with van der Waals surface area (Å²) in [5.74, 6) is 1.68. The third-order valence-corrected chi connectivity index (χ3v) is 6.14. The van der Waals surface area contributed by atoms with Gasteiger partial charge in [0.2, 0.25) is 6.33 Å². The summed E-state index contributed by atoms with van der Waals surface area (Å²) >= 11 is 0. The molecule has 4 nitrogen and oxygen atoms in total. The van der Waals surface area contributed by atoms with Crippen LogP contribution in [0.3, 0.4) is 0 Å². The Hall–Kier alpha value is -3.79. The molecule has 0 amide bonds. The number of rotatable bonds is 1. The second kappa shape index (κ2) is 9.93. The van der Waals surface area contributed by atoms with Crippen LogP contribution in [-0.2, 0) is 25.6 Å². The van der Waals surface area contributed by atoms with E-state index in [-0.39, 0.29) is 25.6 Å². The van der Waals surface area contributed by atoms with Gasteiger partial charge in [-0.15, -0.1) is 70.9 Å². The van der Waals surface area contributed by atoms with E-state index >= 15 is 0 Å². The second-order valence-electron chi connectivity index (χ2n) is 9.73. The van der Waals surface area contributed by atoms with Gasteiger partial charge in [-0.25, -0.2) is 0 Å². The minimum Gasteiger partial charge on any atom is -0.513 e. The zero-order chi connectivity index (χ0) is 24.7. The maximum absolute atomic E-state index is 6.20. The van der Waals surface area contributed by atoms with Crippen molar-refractivity contribution in [1.82, 2.24) is 9.55 Å². The van der Waals surface area contributed by atoms with E-state index < -0.39 is 0 Å². The van der Waals surface area contributed by atoms with Gasteiger partial charge in [-0.05, 0) is 38.6 Å². The molecule has 0 radical (unpaired) electrons. The van der Waals surface area contributed by atoms with Crippen LogP contribution in [0.1, 0.15) is 20.8 Å². The fourth-order valence-corrected chi connectivity index (χ4v) is 4.45. The Morgan fingerprint density at radius 3 is 2.43 bits per heavy atom. The molecule has 7 rings (SSSR count). The van der Waals surface area contributed by atoms with Crippen LogP contribution in [0.25, 0.3) is 38.8 Å². The van der Waals surface area contributed by atoms with Crippen molar-refractivity contribution in [2.45, 2.75) is 26.3 Å². The first-order chi connectivity index (χ1) is 17.5. The summed E-state index contributed by atoms with van der Waals surface area (Å²) in [7, 11) is 0. The molecule has 4 aromatic carbocycles. The summed E-state index contributed by atoms with van der Waals surface area (Å²) in [6.45, 7) is 6.55. The number of aromatic nitrogens is 3. The van der Waals surface area contributed by atoms with Crippen LogP contribution >= 0.6 is 0 Å². The minimum absolute atomic E-state index is 0. The summed E-state index contributed by atoms with van der Waals surface area (Å²) < 4.78 is 10.5. The number of nitrogens with zero attached hydrogens (tertiary/aromatic N) is 3. The van der Waals surface area contributed by atoms with E-state index in [0.29, 0.717) is 0 Å². The summed E-state index contributed by atoms with van der Waals surface area (Å²) in [6.07, 6.45) is 5.30. The molecule has 5 heteroatoms. The molecule has 0 spiro atoms. The molecule has 2 aromatic heterocycles. The zero-order valence-corrected chi connectivity index (χ0v) is 23.2. The number of pyridine rings is 1. The van der Waals surface area contributed by atoms with Crippen LogP contribution in [-0.4, -0.2) is 9.55 Å². The number of hydrogen-bond donors (Lipinski definition) is 0. The molecular formula is C32H25IrN3O+. The summed E-state index contributed by atoms with van der Waals surface area (Å²) in [4.78, 5) is 4.22. The van der Waals surface area contributed by atoms with Crippen molar-refractivity contribution in [3.63, 3.8) is 0 Å². The van der Waals surface area contributed by atoms with Gasteiger partial charge in [0.15, 0.2) is 0 Å². The number of hydrogen-bond acceptors (Lipinski definition) is 2. The van der Waals surface area contributed by atoms with Crippen LogP contribution in [0.4, 0.5) is 0 Å². The molecule has 6 aromatic rings. The molecule has 1 aliphatic rings. The molecule has 0 saturated carbocycles. The van der Waals surface area contributed by atoms with Gasteiger partial charge >= 0.3 is 20.1 Å². The summed E-state index contributed by atoms with van der Waals surface area (Å²) in [5, 5.41) is 2.21. The van der Waals surface area contributed by atoms with Crippen molar-refractivity contribution in [3.8, 4) is 28.4 Å². The monoisotopic (exact) mass is 660 g/mol. The van der Waals surface area contributed by atoms with E-state index in [0.717, 1.165) is 50.2 Å². The van der Waals surface area contributed by atoms with E-state index in [9.17, 15) is 0 Å². The van der Waals surface area contributed by atoms with Crippen molar-refractivity contribution in [2.24, 2.45) is 0 Å². The molecule has 1 aliphatic heterocycles. The minimum atomic E-state index is -0.0660. The first-order valence-corrected chi connectivity index (χ1v) is 12.0. The number of benzene rings is 4. The van der Waals surface area contributed by atoms with Gasteiger partial charge in [0.05, 0.1) is 16.6 Å². The van der Waals surface area contributed by atoms with Crippen molar-refractivity contribution >= 4 is 21.8 Å². The molecule has 0 aliphatic carbocycles. The van der Waals surface area contributed by atoms with Gasteiger partial charge in [-0.2, -0.15) is 0 Å². The van der Waals surface area contributed by atoms with Gasteiger partial charge in [0, 0.05) is 17.6 Å². The van der Waals surface area contributed by atoms with Crippen LogP contribution in [0.15, 0.2) is 97.2 Å². The molecule has 0 unspecified atom stereocenters. The molecular weight excluding hydrogens is 635 g/mol. The van der Waals surface area contributed by atoms with Crippen molar-refractivity contribution in [3.05, 3.63) is 116 Å². The topological polar surface area (TPSA) is 30.9 Å². The average molecular weight is 660 g/mol. The summed E-state index contributed by atoms with van der Waals surface area (Å²) in [6, 6.07) is 36.8. The van der Waals surface area contributed by atoms with E-state index in [1.165, 1.54) is 0 Å². The Kier molecular flexibility index (Phi) is 6.68. The summed E-state index contributed by atoms with van der Waals surface area (Å²) in [5.41, 5.74) is 5.03. The first-order valence-electron chi connectivity index (χ1n) is 12.0. The third kappa shape index (κ3) is 4.69. The third-order valence-electron chi connectivity index (χ3n) is 6.14. The SMILES string of the molecule is CC(C)(C)n1[c-][n+]2c3c(cccc31)Oc1cc3ccccc3[c-]c1-2.[Ir+3].[c-]1ccccc1-c1ccccn1. The molecule has 0 bridgehead atoms. The van der Waals surface area contributed by atoms with Crippen LogP contribution < -0.4 is 9.30 Å². The predicted molar refractivity (Wildman–Crippen MR) is 142 cm³/mol. The normalized spacial score (nSPS) is 11.6. The van der Waals surface area contributed by atoms with Crippen molar-refractivity contribution < 1.29 is 29.4 Å². The molecule has 0 atom stereocenters. The maximum Gasteiger partial charge on any atom is 3.00 e. The Bertz CT molecular complexity index is 1650. The molecule has 182 valence electrons. The average Bonchev–Trinajstić information content (AvgIpc) is 3.31. The largest absolute Gasteiger partial charge is 3.00 e. The fraction of sp³-hybridized carbons (Fsp3) is 0.125. The number of fused-ring (bicyclic) bond motifs is 3.